The van der Waals surface area contributed by atoms with Gasteiger partial charge in [-0.3, -0.25) is 9.98 Å². The average Bonchev–Trinajstić information content (AvgIpc) is 2.81. The molecule has 4 rings (SSSR count). The van der Waals surface area contributed by atoms with Gasteiger partial charge >= 0.3 is 0 Å². The molecule has 0 aliphatic carbocycles. The van der Waals surface area contributed by atoms with Gasteiger partial charge in [-0.2, -0.15) is 0 Å². The van der Waals surface area contributed by atoms with Crippen LogP contribution in [0.15, 0.2) is 65.6 Å². The number of benzene rings is 1. The summed E-state index contributed by atoms with van der Waals surface area (Å²) in [6.45, 7) is 4.46. The lowest BCUT2D eigenvalue weighted by molar-refractivity contribution is 0.227. The molecule has 7 heteroatoms. The first kappa shape index (κ1) is 21.5. The van der Waals surface area contributed by atoms with Crippen LogP contribution in [0, 0.1) is 5.82 Å². The first-order chi connectivity index (χ1) is 15.5. The zero-order chi connectivity index (χ0) is 22.7. The van der Waals surface area contributed by atoms with Crippen molar-refractivity contribution in [2.24, 2.45) is 10.7 Å². The van der Waals surface area contributed by atoms with Gasteiger partial charge in [0.1, 0.15) is 11.9 Å². The van der Waals surface area contributed by atoms with Gasteiger partial charge in [-0.25, -0.2) is 9.37 Å². The van der Waals surface area contributed by atoms with E-state index < -0.39 is 6.10 Å². The highest BCUT2D eigenvalue weighted by atomic mass is 19.1. The van der Waals surface area contributed by atoms with Crippen molar-refractivity contribution in [2.75, 3.05) is 18.9 Å². The topological polar surface area (TPSA) is 85.4 Å². The van der Waals surface area contributed by atoms with Crippen LogP contribution in [0.2, 0.25) is 0 Å². The van der Waals surface area contributed by atoms with E-state index >= 15 is 0 Å². The number of rotatable bonds is 2. The van der Waals surface area contributed by atoms with Crippen LogP contribution in [-0.2, 0) is 6.42 Å². The van der Waals surface area contributed by atoms with E-state index in [2.05, 4.69) is 15.3 Å². The third-order valence-corrected chi connectivity index (χ3v) is 5.48. The molecule has 0 radical (unpaired) electrons. The molecule has 3 heterocycles. The number of halogens is 1. The molecule has 0 amide bonds. The van der Waals surface area contributed by atoms with Gasteiger partial charge < -0.3 is 15.8 Å². The molecular formula is C25H26FN5O. The van der Waals surface area contributed by atoms with Gasteiger partial charge in [-0.1, -0.05) is 12.1 Å². The summed E-state index contributed by atoms with van der Waals surface area (Å²) in [5, 5.41) is 3.06. The van der Waals surface area contributed by atoms with Crippen LogP contribution in [0.4, 0.5) is 10.2 Å². The van der Waals surface area contributed by atoms with Crippen molar-refractivity contribution in [3.8, 4) is 16.9 Å². The maximum atomic E-state index is 14.3. The normalized spacial score (nSPS) is 18.2. The maximum Gasteiger partial charge on any atom is 0.168 e. The lowest BCUT2D eigenvalue weighted by Gasteiger charge is -2.23. The highest BCUT2D eigenvalue weighted by molar-refractivity contribution is 6.13. The van der Waals surface area contributed by atoms with Crippen LogP contribution < -0.4 is 15.8 Å². The number of ether oxygens (including phenoxy) is 1. The Kier molecular flexibility index (Phi) is 6.16. The smallest absolute Gasteiger partial charge is 0.168 e. The molecule has 0 saturated heterocycles. The van der Waals surface area contributed by atoms with Crippen molar-refractivity contribution in [1.82, 2.24) is 9.97 Å². The van der Waals surface area contributed by atoms with Gasteiger partial charge in [-0.05, 0) is 55.4 Å². The number of nitrogens with zero attached hydrogens (tertiary/aromatic N) is 3. The Morgan fingerprint density at radius 1 is 1.25 bits per heavy atom. The largest absolute Gasteiger partial charge is 0.482 e. The molecule has 0 saturated carbocycles. The molecule has 2 bridgehead atoms. The summed E-state index contributed by atoms with van der Waals surface area (Å²) in [6, 6.07) is 10.5. The van der Waals surface area contributed by atoms with E-state index in [0.717, 1.165) is 39.2 Å². The zero-order valence-corrected chi connectivity index (χ0v) is 18.4. The van der Waals surface area contributed by atoms with Crippen molar-refractivity contribution in [2.45, 2.75) is 26.4 Å². The zero-order valence-electron chi connectivity index (χ0n) is 18.4. The predicted octanol–water partition coefficient (Wildman–Crippen LogP) is 4.67. The number of nitrogens with one attached hydrogen (secondary N) is 1. The van der Waals surface area contributed by atoms with E-state index in [4.69, 9.17) is 15.5 Å². The Balaban J connectivity index is 2.01. The molecule has 164 valence electrons. The average molecular weight is 432 g/mol. The Labute approximate surface area is 187 Å². The highest BCUT2D eigenvalue weighted by Crippen LogP contribution is 2.36. The molecule has 1 aliphatic rings. The van der Waals surface area contributed by atoms with Gasteiger partial charge in [0, 0.05) is 49.1 Å². The van der Waals surface area contributed by atoms with E-state index in [9.17, 15) is 4.39 Å². The minimum absolute atomic E-state index is 0.322. The van der Waals surface area contributed by atoms with Crippen LogP contribution in [-0.4, -0.2) is 29.3 Å². The van der Waals surface area contributed by atoms with Crippen LogP contribution >= 0.6 is 0 Å². The van der Waals surface area contributed by atoms with E-state index in [1.165, 1.54) is 12.1 Å². The molecule has 1 aromatic carbocycles. The van der Waals surface area contributed by atoms with Crippen molar-refractivity contribution in [3.05, 3.63) is 83.2 Å². The van der Waals surface area contributed by atoms with Crippen molar-refractivity contribution >= 4 is 11.5 Å². The number of hydrogen-bond acceptors (Lipinski definition) is 6. The number of allylic oxidation sites excluding steroid dienone is 1. The SMILES string of the molecule is CCN=C1C(=CN)Cc2ncccc2-c2ccc(F)cc2C(C)Oc2cc1cnc2NC. The van der Waals surface area contributed by atoms with Crippen LogP contribution in [0.1, 0.15) is 36.8 Å². The Morgan fingerprint density at radius 2 is 2.09 bits per heavy atom. The fraction of sp³-hybridized carbons (Fsp3) is 0.240. The van der Waals surface area contributed by atoms with E-state index in [1.807, 2.05) is 32.0 Å². The van der Waals surface area contributed by atoms with Gasteiger partial charge in [-0.15, -0.1) is 0 Å². The molecular weight excluding hydrogens is 405 g/mol. The van der Waals surface area contributed by atoms with Crippen molar-refractivity contribution in [3.63, 3.8) is 0 Å². The minimum atomic E-state index is -0.437. The number of pyridine rings is 2. The number of aromatic nitrogens is 2. The highest BCUT2D eigenvalue weighted by Gasteiger charge is 2.23. The Morgan fingerprint density at radius 3 is 2.84 bits per heavy atom. The predicted molar refractivity (Wildman–Crippen MR) is 126 cm³/mol. The molecule has 1 aliphatic heterocycles. The van der Waals surface area contributed by atoms with Crippen LogP contribution in [0.25, 0.3) is 11.1 Å². The van der Waals surface area contributed by atoms with Crippen molar-refractivity contribution < 1.29 is 9.13 Å². The van der Waals surface area contributed by atoms with Crippen LogP contribution in [0.5, 0.6) is 5.75 Å². The summed E-state index contributed by atoms with van der Waals surface area (Å²) in [5.74, 6) is 0.823. The van der Waals surface area contributed by atoms with Gasteiger partial charge in [0.05, 0.1) is 11.4 Å². The van der Waals surface area contributed by atoms with E-state index in [0.29, 0.717) is 24.5 Å². The summed E-state index contributed by atoms with van der Waals surface area (Å²) in [7, 11) is 1.78. The lowest BCUT2D eigenvalue weighted by atomic mass is 9.91. The third kappa shape index (κ3) is 4.06. The fourth-order valence-corrected chi connectivity index (χ4v) is 3.98. The number of nitrogens with two attached hydrogens (primary N) is 1. The summed E-state index contributed by atoms with van der Waals surface area (Å²) >= 11 is 0. The third-order valence-electron chi connectivity index (χ3n) is 5.48. The van der Waals surface area contributed by atoms with E-state index in [-0.39, 0.29) is 5.82 Å². The second kappa shape index (κ2) is 9.18. The molecule has 0 spiro atoms. The Hall–Kier alpha value is -3.74. The van der Waals surface area contributed by atoms with E-state index in [1.54, 1.807) is 31.7 Å². The summed E-state index contributed by atoms with van der Waals surface area (Å²) in [5.41, 5.74) is 11.8. The first-order valence-corrected chi connectivity index (χ1v) is 10.6. The standard InChI is InChI=1S/C25H26FN5O/c1-4-29-24-16(13-27)10-22-20(6-5-9-30-22)19-8-7-18(26)12-21(19)15(2)32-23-11-17(24)14-31-25(23)28-3/h5-9,11-15H,4,10,27H2,1-3H3,(H,28,31). The summed E-state index contributed by atoms with van der Waals surface area (Å²) < 4.78 is 20.6. The molecule has 2 aromatic heterocycles. The number of aliphatic imine (C=N–C) groups is 1. The molecule has 0 fully saturated rings. The van der Waals surface area contributed by atoms with Gasteiger partial charge in [0.25, 0.3) is 0 Å². The summed E-state index contributed by atoms with van der Waals surface area (Å²) in [4.78, 5) is 13.9. The van der Waals surface area contributed by atoms with Gasteiger partial charge in [0.2, 0.25) is 0 Å². The molecule has 1 unspecified atom stereocenters. The Bertz CT molecular complexity index is 1200. The second-order valence-corrected chi connectivity index (χ2v) is 7.50. The molecule has 1 atom stereocenters. The van der Waals surface area contributed by atoms with Crippen molar-refractivity contribution in [1.29, 1.82) is 0 Å². The summed E-state index contributed by atoms with van der Waals surface area (Å²) in [6.07, 6.45) is 5.11. The number of hydrogen-bond donors (Lipinski definition) is 2. The molecule has 6 nitrogen and oxygen atoms in total. The van der Waals surface area contributed by atoms with Gasteiger partial charge in [0.15, 0.2) is 11.6 Å². The monoisotopic (exact) mass is 431 g/mol. The number of fused-ring (bicyclic) bond motifs is 5. The van der Waals surface area contributed by atoms with Crippen LogP contribution in [0.3, 0.4) is 0 Å². The fourth-order valence-electron chi connectivity index (χ4n) is 3.98. The maximum absolute atomic E-state index is 14.3. The molecule has 32 heavy (non-hydrogen) atoms. The quantitative estimate of drug-likeness (QED) is 0.616. The molecule has 3 aromatic rings. The number of anilines is 1. The first-order valence-electron chi connectivity index (χ1n) is 10.6. The molecule has 3 N–H and O–H groups in total. The lowest BCUT2D eigenvalue weighted by Crippen LogP contribution is -2.15. The minimum Gasteiger partial charge on any atom is -0.482 e. The second-order valence-electron chi connectivity index (χ2n) is 7.50.